The Balaban J connectivity index is 0.000000236. The molecule has 10 heterocycles. The first-order chi connectivity index (χ1) is 37.3. The fourth-order valence-corrected chi connectivity index (χ4v) is 10.4. The summed E-state index contributed by atoms with van der Waals surface area (Å²) in [4.78, 5) is 43.9. The lowest BCUT2D eigenvalue weighted by atomic mass is 9.86. The van der Waals surface area contributed by atoms with Crippen molar-refractivity contribution in [2.45, 2.75) is 234 Å². The molecule has 7 unspecified atom stereocenters. The van der Waals surface area contributed by atoms with E-state index in [2.05, 4.69) is 154 Å². The van der Waals surface area contributed by atoms with Crippen LogP contribution in [0.25, 0.3) is 0 Å². The highest BCUT2D eigenvalue weighted by Crippen LogP contribution is 2.30. The Kier molecular flexibility index (Phi) is 32.7. The largest absolute Gasteiger partial charge is 0.380 e. The number of likely N-dealkylation sites (tertiary alicyclic amines) is 5. The number of carbonyl (C=O) groups excluding carboxylic acids is 3. The van der Waals surface area contributed by atoms with Crippen LogP contribution in [0, 0.1) is 10.8 Å². The number of nitrogens with zero attached hydrogens (tertiary/aromatic N) is 5. The minimum atomic E-state index is 0.289. The van der Waals surface area contributed by atoms with Crippen LogP contribution in [0.15, 0.2) is 60.7 Å². The van der Waals surface area contributed by atoms with Gasteiger partial charge in [-0.1, -0.05) is 88.4 Å². The molecule has 452 valence electrons. The van der Waals surface area contributed by atoms with Gasteiger partial charge in [0.2, 0.25) is 11.8 Å². The molecule has 0 aromatic heterocycles. The quantitative estimate of drug-likeness (QED) is 0.267. The number of rotatable bonds is 5. The van der Waals surface area contributed by atoms with E-state index in [9.17, 15) is 14.4 Å². The van der Waals surface area contributed by atoms with Gasteiger partial charge in [-0.25, -0.2) is 0 Å². The molecule has 13 heteroatoms. The van der Waals surface area contributed by atoms with Gasteiger partial charge in [0.1, 0.15) is 5.78 Å². The second-order valence-electron chi connectivity index (χ2n) is 25.7. The van der Waals surface area contributed by atoms with Gasteiger partial charge in [0.05, 0.1) is 50.5 Å². The summed E-state index contributed by atoms with van der Waals surface area (Å²) >= 11 is 1.76. The predicted octanol–water partition coefficient (Wildman–Crippen LogP) is 12.8. The van der Waals surface area contributed by atoms with Crippen molar-refractivity contribution in [2.24, 2.45) is 10.8 Å². The van der Waals surface area contributed by atoms with Gasteiger partial charge in [-0.3, -0.25) is 19.3 Å². The van der Waals surface area contributed by atoms with Crippen molar-refractivity contribution in [3.63, 3.8) is 0 Å². The SMILES string of the molecule is CC1(C)COC1.CC1CCC(=O)N1C.CC1CCC(=O)N1Cc1ccccc1.CC1CCCN1C.CC1CCCN1Cc1ccccc1.CC1CCO1.CC1CO1.CC1SCCC1=O.CCC1(C)COC1.CN1CCCC1(C)C. The molecule has 2 aromatic rings. The summed E-state index contributed by atoms with van der Waals surface area (Å²) in [6.45, 7) is 40.0. The highest BCUT2D eigenvalue weighted by Gasteiger charge is 2.31. The van der Waals surface area contributed by atoms with Crippen LogP contribution < -0.4 is 0 Å². The molecule has 10 saturated heterocycles. The highest BCUT2D eigenvalue weighted by molar-refractivity contribution is 8.01. The van der Waals surface area contributed by atoms with E-state index in [4.69, 9.17) is 18.9 Å². The van der Waals surface area contributed by atoms with Gasteiger partial charge in [0, 0.05) is 92.3 Å². The Morgan fingerprint density at radius 1 is 0.582 bits per heavy atom. The fraction of sp³-hybridized carbons (Fsp3) is 0.773. The molecule has 10 aliphatic heterocycles. The van der Waals surface area contributed by atoms with Crippen molar-refractivity contribution in [3.05, 3.63) is 71.8 Å². The zero-order chi connectivity index (χ0) is 58.6. The zero-order valence-corrected chi connectivity index (χ0v) is 53.8. The number of epoxide rings is 1. The molecule has 0 aliphatic carbocycles. The fourth-order valence-electron chi connectivity index (χ4n) is 9.46. The Labute approximate surface area is 487 Å². The van der Waals surface area contributed by atoms with E-state index in [1.807, 2.05) is 37.1 Å². The molecule has 7 atom stereocenters. The van der Waals surface area contributed by atoms with Crippen LogP contribution in [0.4, 0.5) is 0 Å². The number of amides is 2. The first kappa shape index (κ1) is 70.4. The van der Waals surface area contributed by atoms with Crippen LogP contribution in [0.3, 0.4) is 0 Å². The van der Waals surface area contributed by atoms with Crippen molar-refractivity contribution in [1.29, 1.82) is 0 Å². The van der Waals surface area contributed by atoms with E-state index in [0.717, 1.165) is 96.3 Å². The van der Waals surface area contributed by atoms with Gasteiger partial charge in [-0.05, 0) is 171 Å². The Hall–Kier alpha value is -2.88. The zero-order valence-electron chi connectivity index (χ0n) is 53.0. The molecule has 2 aromatic carbocycles. The minimum Gasteiger partial charge on any atom is -0.380 e. The van der Waals surface area contributed by atoms with Crippen LogP contribution >= 0.6 is 11.8 Å². The average Bonchev–Trinajstić information content (AvgIpc) is 3.87. The molecular weight excluding hydrogens is 1010 g/mol. The molecule has 0 N–H and O–H groups in total. The standard InChI is InChI=1S/C12H15NO.C12H17N.C7H15N.C6H11NO.C6H13N.C6H12O.C5H8OS.C5H10O.C4H8O.C3H6O/c1-10-7-8-12(14)13(10)9-11-5-3-2-4-6-11;1-11-6-5-9-13(11)10-12-7-3-2-4-8-12;1-7(2)5-4-6-8(7)3;1-5-3-4-6(8)7(5)2;1-6-4-3-5-7(6)2;1-3-6(2)4-7-5-6;1-4-5(6)2-3-7-4;1-5(2)3-6-4-5;1-4-2-3-5-4;1-3-2-4-3/h2-6,10H,7-9H2,1H3;2-4,7-8,11H,5-6,9-10H2,1H3;4-6H2,1-3H3;5H,3-4H2,1-2H3;6H,3-5H2,1-2H3;3-5H2,1-2H3;4H,2-3H2,1H3;3-4H2,1-2H3;4H,2-3H2,1H3;3H,2H2,1H3. The van der Waals surface area contributed by atoms with E-state index in [-0.39, 0.29) is 5.91 Å². The van der Waals surface area contributed by atoms with Gasteiger partial charge in [-0.2, -0.15) is 11.8 Å². The second kappa shape index (κ2) is 36.6. The predicted molar refractivity (Wildman–Crippen MR) is 331 cm³/mol. The average molecular weight is 1120 g/mol. The number of carbonyl (C=O) groups is 3. The first-order valence-corrected chi connectivity index (χ1v) is 31.7. The lowest BCUT2D eigenvalue weighted by molar-refractivity contribution is -0.129. The van der Waals surface area contributed by atoms with Crippen molar-refractivity contribution < 1.29 is 33.3 Å². The molecule has 2 amide bonds. The van der Waals surface area contributed by atoms with Crippen LogP contribution in [-0.2, 0) is 46.4 Å². The van der Waals surface area contributed by atoms with E-state index in [0.29, 0.717) is 64.0 Å². The molecule has 10 aliphatic rings. The summed E-state index contributed by atoms with van der Waals surface area (Å²) in [6, 6.07) is 23.4. The van der Waals surface area contributed by atoms with Gasteiger partial charge in [-0.15, -0.1) is 0 Å². The second-order valence-corrected chi connectivity index (χ2v) is 27.2. The number of benzene rings is 2. The third kappa shape index (κ3) is 28.8. The van der Waals surface area contributed by atoms with Crippen molar-refractivity contribution >= 4 is 29.4 Å². The van der Waals surface area contributed by atoms with Gasteiger partial charge in [0.15, 0.2) is 0 Å². The molecule has 10 fully saturated rings. The third-order valence-corrected chi connectivity index (χ3v) is 18.3. The number of Topliss-reactive ketones (excluding diaryl/α,β-unsaturated/α-hetero) is 1. The molecule has 79 heavy (non-hydrogen) atoms. The summed E-state index contributed by atoms with van der Waals surface area (Å²) in [6.07, 6.45) is 16.3. The Morgan fingerprint density at radius 3 is 1.30 bits per heavy atom. The topological polar surface area (TPSA) is 108 Å². The minimum absolute atomic E-state index is 0.289. The third-order valence-electron chi connectivity index (χ3n) is 17.1. The summed E-state index contributed by atoms with van der Waals surface area (Å²) in [5, 5.41) is 0.292. The Morgan fingerprint density at radius 2 is 1.09 bits per heavy atom. The first-order valence-electron chi connectivity index (χ1n) is 30.7. The normalized spacial score (nSPS) is 28.4. The van der Waals surface area contributed by atoms with Crippen molar-refractivity contribution in [2.75, 3.05) is 86.2 Å². The van der Waals surface area contributed by atoms with Crippen LogP contribution in [-0.4, -0.2) is 175 Å². The molecule has 0 spiro atoms. The monoisotopic (exact) mass is 1120 g/mol. The number of ketones is 1. The Bertz CT molecular complexity index is 1940. The molecule has 12 nitrogen and oxygen atoms in total. The number of hydrogen-bond acceptors (Lipinski definition) is 11. The summed E-state index contributed by atoms with van der Waals surface area (Å²) in [7, 11) is 6.25. The van der Waals surface area contributed by atoms with Gasteiger partial charge in [0.25, 0.3) is 0 Å². The van der Waals surface area contributed by atoms with Crippen molar-refractivity contribution in [1.82, 2.24) is 24.5 Å². The van der Waals surface area contributed by atoms with Crippen molar-refractivity contribution in [3.8, 4) is 0 Å². The number of ether oxygens (including phenoxy) is 4. The maximum absolute atomic E-state index is 11.5. The maximum Gasteiger partial charge on any atom is 0.223 e. The summed E-state index contributed by atoms with van der Waals surface area (Å²) in [5.41, 5.74) is 4.19. The smallest absolute Gasteiger partial charge is 0.223 e. The maximum atomic E-state index is 11.5. The van der Waals surface area contributed by atoms with E-state index >= 15 is 0 Å². The van der Waals surface area contributed by atoms with Gasteiger partial charge >= 0.3 is 0 Å². The summed E-state index contributed by atoms with van der Waals surface area (Å²) in [5.74, 6) is 2.05. The highest BCUT2D eigenvalue weighted by atomic mass is 32.2. The van der Waals surface area contributed by atoms with Crippen LogP contribution in [0.2, 0.25) is 0 Å². The van der Waals surface area contributed by atoms with Crippen LogP contribution in [0.5, 0.6) is 0 Å². The number of thioether (sulfide) groups is 1. The molecule has 12 rings (SSSR count). The van der Waals surface area contributed by atoms with Crippen LogP contribution in [0.1, 0.15) is 185 Å². The number of hydrogen-bond donors (Lipinski definition) is 0. The van der Waals surface area contributed by atoms with Gasteiger partial charge < -0.3 is 38.5 Å². The molecule has 0 bridgehead atoms. The van der Waals surface area contributed by atoms with E-state index in [1.54, 1.807) is 16.7 Å². The van der Waals surface area contributed by atoms with E-state index < -0.39 is 0 Å². The van der Waals surface area contributed by atoms with E-state index in [1.165, 1.54) is 82.1 Å². The summed E-state index contributed by atoms with van der Waals surface area (Å²) < 4.78 is 19.6. The lowest BCUT2D eigenvalue weighted by Crippen LogP contribution is -2.38. The lowest BCUT2D eigenvalue weighted by Gasteiger charge is -2.36. The molecule has 0 radical (unpaired) electrons. The molecule has 0 saturated carbocycles. The molecular formula is C66H115N5O7S.